The Balaban J connectivity index is 1.22. The van der Waals surface area contributed by atoms with Crippen molar-refractivity contribution in [3.63, 3.8) is 0 Å². The zero-order valence-electron chi connectivity index (χ0n) is 29.5. The van der Waals surface area contributed by atoms with E-state index in [1.807, 2.05) is 13.8 Å². The molecule has 5 aromatic rings. The number of hydrazone groups is 1. The summed E-state index contributed by atoms with van der Waals surface area (Å²) in [6, 6.07) is 17.9. The fraction of sp³-hybridized carbons (Fsp3) is 0.200. The predicted octanol–water partition coefficient (Wildman–Crippen LogP) is 4.79. The third-order valence-electron chi connectivity index (χ3n) is 7.86. The molecule has 284 valence electrons. The van der Waals surface area contributed by atoms with Crippen molar-refractivity contribution in [3.05, 3.63) is 84.7 Å². The Morgan fingerprint density at radius 3 is 2.58 bits per heavy atom. The van der Waals surface area contributed by atoms with Crippen molar-refractivity contribution in [1.82, 2.24) is 30.9 Å². The molecular formula is C35H34N10O9S. The second-order valence-corrected chi connectivity index (χ2v) is 13.5. The van der Waals surface area contributed by atoms with Crippen molar-refractivity contribution in [2.24, 2.45) is 5.10 Å². The van der Waals surface area contributed by atoms with E-state index in [-0.39, 0.29) is 60.0 Å². The highest BCUT2D eigenvalue weighted by atomic mass is 32.2. The minimum absolute atomic E-state index is 0.0217. The lowest BCUT2D eigenvalue weighted by Crippen LogP contribution is -2.39. The summed E-state index contributed by atoms with van der Waals surface area (Å²) in [7, 11) is -2.91. The molecule has 0 radical (unpaired) electrons. The number of nitrogens with one attached hydrogen (secondary N) is 4. The number of hydrogen-bond donors (Lipinski definition) is 4. The zero-order chi connectivity index (χ0) is 38.4. The number of amides is 1. The minimum atomic E-state index is -4.36. The van der Waals surface area contributed by atoms with Crippen LogP contribution in [0, 0.1) is 0 Å². The highest BCUT2D eigenvalue weighted by Gasteiger charge is 2.27. The van der Waals surface area contributed by atoms with Crippen LogP contribution in [0.4, 0.5) is 22.1 Å². The summed E-state index contributed by atoms with van der Waals surface area (Å²) in [5, 5.41) is 7.69. The van der Waals surface area contributed by atoms with Gasteiger partial charge in [0.15, 0.2) is 45.5 Å². The molecule has 20 heteroatoms. The first kappa shape index (κ1) is 36.3. The molecule has 3 aromatic heterocycles. The summed E-state index contributed by atoms with van der Waals surface area (Å²) in [6.45, 7) is 3.54. The molecule has 4 N–H and O–H groups in total. The molecule has 5 heterocycles. The first-order valence-electron chi connectivity index (χ1n) is 16.6. The maximum atomic E-state index is 13.9. The number of aromatic nitrogens is 4. The number of nitrogens with zero attached hydrogens (tertiary/aromatic N) is 6. The van der Waals surface area contributed by atoms with Gasteiger partial charge in [0.25, 0.3) is 15.9 Å². The molecule has 0 fully saturated rings. The van der Waals surface area contributed by atoms with Crippen LogP contribution in [-0.2, 0) is 14.8 Å². The Morgan fingerprint density at radius 2 is 1.82 bits per heavy atom. The van der Waals surface area contributed by atoms with Gasteiger partial charge in [0.2, 0.25) is 12.5 Å². The van der Waals surface area contributed by atoms with Gasteiger partial charge in [-0.05, 0) is 53.9 Å². The van der Waals surface area contributed by atoms with E-state index in [4.69, 9.17) is 28.4 Å². The van der Waals surface area contributed by atoms with Crippen LogP contribution < -0.4 is 49.8 Å². The lowest BCUT2D eigenvalue weighted by atomic mass is 10.1. The molecule has 0 bridgehead atoms. The van der Waals surface area contributed by atoms with Gasteiger partial charge < -0.3 is 28.4 Å². The zero-order valence-corrected chi connectivity index (χ0v) is 30.4. The molecule has 2 aliphatic heterocycles. The second kappa shape index (κ2) is 15.9. The van der Waals surface area contributed by atoms with Gasteiger partial charge in [-0.3, -0.25) is 15.5 Å². The number of hydrazine groups is 2. The summed E-state index contributed by atoms with van der Waals surface area (Å²) >= 11 is 0. The molecule has 2 aliphatic rings. The van der Waals surface area contributed by atoms with Crippen molar-refractivity contribution >= 4 is 39.8 Å². The number of carbonyl (C=O) groups excluding carboxylic acids is 1. The molecule has 0 aliphatic carbocycles. The molecule has 0 spiro atoms. The van der Waals surface area contributed by atoms with Crippen LogP contribution >= 0.6 is 0 Å². The summed E-state index contributed by atoms with van der Waals surface area (Å²) < 4.78 is 64.1. The number of pyridine rings is 2. The number of ether oxygens (including phenoxy) is 6. The SMILES string of the molecule is COc1ccccc1Oc1c(NS(=O)(=O)c2ccc(C(C)C)cn2)nc(-c2ccnc(N3NC=NN3)c2)nc1OCCOC(=O)Nc1ccc2c(c1)OCO2. The van der Waals surface area contributed by atoms with Gasteiger partial charge in [0.1, 0.15) is 19.6 Å². The van der Waals surface area contributed by atoms with E-state index < -0.39 is 16.1 Å². The van der Waals surface area contributed by atoms with E-state index >= 15 is 0 Å². The van der Waals surface area contributed by atoms with E-state index in [2.05, 4.69) is 46.0 Å². The number of para-hydroxylation sites is 2. The molecule has 1 amide bonds. The summed E-state index contributed by atoms with van der Waals surface area (Å²) in [5.74, 6) is 1.40. The first-order valence-corrected chi connectivity index (χ1v) is 18.1. The molecule has 0 unspecified atom stereocenters. The number of rotatable bonds is 14. The minimum Gasteiger partial charge on any atom is -0.493 e. The van der Waals surface area contributed by atoms with Gasteiger partial charge in [-0.25, -0.2) is 19.7 Å². The van der Waals surface area contributed by atoms with Crippen molar-refractivity contribution in [2.45, 2.75) is 24.8 Å². The Bertz CT molecular complexity index is 2320. The maximum absolute atomic E-state index is 13.9. The average Bonchev–Trinajstić information content (AvgIpc) is 3.91. The van der Waals surface area contributed by atoms with Gasteiger partial charge in [0, 0.05) is 29.7 Å². The molecule has 55 heavy (non-hydrogen) atoms. The van der Waals surface area contributed by atoms with Gasteiger partial charge in [-0.2, -0.15) is 24.1 Å². The lowest BCUT2D eigenvalue weighted by molar-refractivity contribution is 0.135. The van der Waals surface area contributed by atoms with Gasteiger partial charge >= 0.3 is 6.09 Å². The quantitative estimate of drug-likeness (QED) is 0.112. The van der Waals surface area contributed by atoms with Gasteiger partial charge in [-0.1, -0.05) is 32.0 Å². The third kappa shape index (κ3) is 8.43. The third-order valence-corrected chi connectivity index (χ3v) is 9.12. The second-order valence-electron chi connectivity index (χ2n) is 11.9. The maximum Gasteiger partial charge on any atom is 0.411 e. The topological polar surface area (TPSA) is 222 Å². The van der Waals surface area contributed by atoms with E-state index in [0.717, 1.165) is 5.56 Å². The number of anilines is 3. The van der Waals surface area contributed by atoms with E-state index in [0.29, 0.717) is 34.3 Å². The average molecular weight is 771 g/mol. The fourth-order valence-electron chi connectivity index (χ4n) is 5.10. The van der Waals surface area contributed by atoms with Gasteiger partial charge in [0.05, 0.1) is 7.11 Å². The molecular weight excluding hydrogens is 737 g/mol. The number of hydrogen-bond acceptors (Lipinski definition) is 17. The number of benzene rings is 2. The Hall–Kier alpha value is -7.09. The monoisotopic (exact) mass is 770 g/mol. The van der Waals surface area contributed by atoms with Crippen LogP contribution in [0.2, 0.25) is 0 Å². The molecule has 0 saturated heterocycles. The van der Waals surface area contributed by atoms with Crippen LogP contribution in [0.1, 0.15) is 25.3 Å². The first-order chi connectivity index (χ1) is 26.7. The largest absolute Gasteiger partial charge is 0.493 e. The summed E-state index contributed by atoms with van der Waals surface area (Å²) in [5.41, 5.74) is 7.28. The van der Waals surface area contributed by atoms with Crippen LogP contribution in [0.5, 0.6) is 34.6 Å². The molecule has 0 atom stereocenters. The molecule has 0 saturated carbocycles. The Kier molecular flexibility index (Phi) is 10.5. The molecule has 2 aromatic carbocycles. The Labute approximate surface area is 314 Å². The Morgan fingerprint density at radius 1 is 0.982 bits per heavy atom. The summed E-state index contributed by atoms with van der Waals surface area (Å²) in [6.07, 6.45) is 3.66. The van der Waals surface area contributed by atoms with E-state index in [9.17, 15) is 13.2 Å². The fourth-order valence-corrected chi connectivity index (χ4v) is 6.04. The standard InChI is InChI=1S/C35H34N10O9S/c1-21(2)23-8-11-30(37-18-23)55(47,48)43-33-31(54-27-7-5-4-6-25(27)49-3)34(42-32(41-33)22-12-13-36-29(16-22)45-39-19-38-44-45)50-14-15-51-35(46)40-24-9-10-26-28(17-24)53-20-52-26/h4-13,16-19,21,44H,14-15,20H2,1-3H3,(H,38,39)(H,40,46)(H,41,42,43). The van der Waals surface area contributed by atoms with Crippen LogP contribution in [-0.4, -0.2) is 67.9 Å². The number of sulfonamides is 1. The van der Waals surface area contributed by atoms with Crippen molar-refractivity contribution in [1.29, 1.82) is 0 Å². The number of carbonyl (C=O) groups is 1. The smallest absolute Gasteiger partial charge is 0.411 e. The van der Waals surface area contributed by atoms with Crippen LogP contribution in [0.25, 0.3) is 11.4 Å². The highest BCUT2D eigenvalue weighted by molar-refractivity contribution is 7.92. The van der Waals surface area contributed by atoms with Gasteiger partial charge in [-0.15, -0.1) is 5.10 Å². The van der Waals surface area contributed by atoms with Crippen LogP contribution in [0.3, 0.4) is 0 Å². The predicted molar refractivity (Wildman–Crippen MR) is 198 cm³/mol. The highest BCUT2D eigenvalue weighted by Crippen LogP contribution is 2.42. The molecule has 19 nitrogen and oxygen atoms in total. The van der Waals surface area contributed by atoms with Crippen molar-refractivity contribution in [2.75, 3.05) is 42.3 Å². The van der Waals surface area contributed by atoms with Crippen LogP contribution in [0.15, 0.2) is 89.3 Å². The summed E-state index contributed by atoms with van der Waals surface area (Å²) in [4.78, 5) is 30.4. The van der Waals surface area contributed by atoms with Crippen molar-refractivity contribution < 1.29 is 41.6 Å². The van der Waals surface area contributed by atoms with Crippen molar-refractivity contribution in [3.8, 4) is 46.0 Å². The normalized spacial score (nSPS) is 12.8. The lowest BCUT2D eigenvalue weighted by Gasteiger charge is -2.19. The number of fused-ring (bicyclic) bond motifs is 1. The molecule has 7 rings (SSSR count). The number of methoxy groups -OCH3 is 1. The van der Waals surface area contributed by atoms with E-state index in [1.54, 1.807) is 60.7 Å². The van der Waals surface area contributed by atoms with E-state index in [1.165, 1.54) is 37.0 Å².